The Morgan fingerprint density at radius 2 is 1.96 bits per heavy atom. The molecule has 150 valence electrons. The summed E-state index contributed by atoms with van der Waals surface area (Å²) in [6.07, 6.45) is -2.18. The number of allylic oxidation sites excluding steroid dienone is 1. The first-order valence-corrected chi connectivity index (χ1v) is 8.75. The van der Waals surface area contributed by atoms with Crippen LogP contribution in [0.15, 0.2) is 36.9 Å². The highest BCUT2D eigenvalue weighted by atomic mass is 35.5. The van der Waals surface area contributed by atoms with Crippen LogP contribution in [0.5, 0.6) is 0 Å². The van der Waals surface area contributed by atoms with Crippen molar-refractivity contribution in [3.63, 3.8) is 0 Å². The minimum absolute atomic E-state index is 0.118. The molecule has 0 saturated heterocycles. The van der Waals surface area contributed by atoms with Crippen molar-refractivity contribution in [1.82, 2.24) is 10.3 Å². The van der Waals surface area contributed by atoms with Gasteiger partial charge in [-0.05, 0) is 39.0 Å². The number of carbonyl (C=O) groups is 1. The molecule has 0 bridgehead atoms. The molecular formula is C20H20ClF3N2O2. The number of nitrogens with zero attached hydrogens (tertiary/aromatic N) is 1. The standard InChI is InChI=1S/C20H20ClF3N2O2/c1-12(20(22,23)24)17-14-8-5-9-16(21)15(14)11-13(26-17)7-6-10-25-18(27)28-19(2,3)4/h5-9,11H,1,10H2,2-4H3,(H,25,27)/b7-6+. The smallest absolute Gasteiger partial charge is 0.417 e. The van der Waals surface area contributed by atoms with Gasteiger partial charge in [-0.25, -0.2) is 9.78 Å². The van der Waals surface area contributed by atoms with Gasteiger partial charge in [0.15, 0.2) is 0 Å². The van der Waals surface area contributed by atoms with Crippen LogP contribution >= 0.6 is 11.6 Å². The molecule has 1 aromatic heterocycles. The SMILES string of the molecule is C=C(c1nc(/C=C/CNC(=O)OC(C)(C)C)cc2c(Cl)cccc12)C(F)(F)F. The highest BCUT2D eigenvalue weighted by Gasteiger charge is 2.35. The molecule has 28 heavy (non-hydrogen) atoms. The number of hydrogen-bond donors (Lipinski definition) is 1. The van der Waals surface area contributed by atoms with E-state index in [0.29, 0.717) is 10.4 Å². The number of alkyl carbamates (subject to hydrolysis) is 1. The number of aromatic nitrogens is 1. The van der Waals surface area contributed by atoms with Crippen molar-refractivity contribution >= 4 is 40.1 Å². The number of fused-ring (bicyclic) bond motifs is 1. The molecule has 1 heterocycles. The minimum atomic E-state index is -4.62. The Bertz CT molecular complexity index is 931. The molecule has 0 fully saturated rings. The van der Waals surface area contributed by atoms with Gasteiger partial charge in [-0.2, -0.15) is 13.2 Å². The van der Waals surface area contributed by atoms with Gasteiger partial charge in [-0.15, -0.1) is 0 Å². The Morgan fingerprint density at radius 3 is 2.57 bits per heavy atom. The monoisotopic (exact) mass is 412 g/mol. The summed E-state index contributed by atoms with van der Waals surface area (Å²) in [4.78, 5) is 15.7. The van der Waals surface area contributed by atoms with Crippen molar-refractivity contribution in [2.45, 2.75) is 32.5 Å². The predicted octanol–water partition coefficient (Wildman–Crippen LogP) is 6.00. The van der Waals surface area contributed by atoms with Gasteiger partial charge in [0.1, 0.15) is 5.60 Å². The second kappa shape index (κ2) is 8.22. The highest BCUT2D eigenvalue weighted by Crippen LogP contribution is 2.36. The molecular weight excluding hydrogens is 393 g/mol. The average molecular weight is 413 g/mol. The van der Waals surface area contributed by atoms with Gasteiger partial charge in [0.2, 0.25) is 0 Å². The molecule has 2 rings (SSSR count). The molecule has 1 aromatic carbocycles. The summed E-state index contributed by atoms with van der Waals surface area (Å²) < 4.78 is 44.6. The van der Waals surface area contributed by atoms with E-state index < -0.39 is 23.4 Å². The van der Waals surface area contributed by atoms with E-state index in [2.05, 4.69) is 16.9 Å². The van der Waals surface area contributed by atoms with Gasteiger partial charge >= 0.3 is 12.3 Å². The Morgan fingerprint density at radius 1 is 1.29 bits per heavy atom. The van der Waals surface area contributed by atoms with E-state index in [1.807, 2.05) is 0 Å². The summed E-state index contributed by atoms with van der Waals surface area (Å²) in [6, 6.07) is 6.23. The molecule has 0 radical (unpaired) electrons. The number of pyridine rings is 1. The zero-order valence-corrected chi connectivity index (χ0v) is 16.4. The highest BCUT2D eigenvalue weighted by molar-refractivity contribution is 6.35. The fourth-order valence-electron chi connectivity index (χ4n) is 2.35. The van der Waals surface area contributed by atoms with Crippen LogP contribution in [0, 0.1) is 0 Å². The van der Waals surface area contributed by atoms with Crippen molar-refractivity contribution in [2.24, 2.45) is 0 Å². The molecule has 0 unspecified atom stereocenters. The third-order valence-electron chi connectivity index (χ3n) is 3.52. The first-order chi connectivity index (χ1) is 12.9. The second-order valence-corrected chi connectivity index (χ2v) is 7.40. The summed E-state index contributed by atoms with van der Waals surface area (Å²) in [6.45, 7) is 8.47. The van der Waals surface area contributed by atoms with Gasteiger partial charge < -0.3 is 10.1 Å². The van der Waals surface area contributed by atoms with Crippen LogP contribution in [0.2, 0.25) is 5.02 Å². The first-order valence-electron chi connectivity index (χ1n) is 8.37. The summed E-state index contributed by atoms with van der Waals surface area (Å²) in [5.41, 5.74) is -1.71. The lowest BCUT2D eigenvalue weighted by molar-refractivity contribution is -0.0688. The van der Waals surface area contributed by atoms with Gasteiger partial charge in [0, 0.05) is 22.3 Å². The molecule has 8 heteroatoms. The Kier molecular flexibility index (Phi) is 6.39. The van der Waals surface area contributed by atoms with Crippen molar-refractivity contribution in [2.75, 3.05) is 6.54 Å². The molecule has 0 atom stereocenters. The van der Waals surface area contributed by atoms with E-state index in [4.69, 9.17) is 16.3 Å². The van der Waals surface area contributed by atoms with E-state index >= 15 is 0 Å². The number of alkyl halides is 3. The maximum Gasteiger partial charge on any atom is 0.417 e. The van der Waals surface area contributed by atoms with Gasteiger partial charge in [-0.3, -0.25) is 0 Å². The van der Waals surface area contributed by atoms with Crippen molar-refractivity contribution in [1.29, 1.82) is 0 Å². The number of nitrogens with one attached hydrogen (secondary N) is 1. The fourth-order valence-corrected chi connectivity index (χ4v) is 2.57. The largest absolute Gasteiger partial charge is 0.444 e. The molecule has 0 aliphatic heterocycles. The van der Waals surface area contributed by atoms with Crippen molar-refractivity contribution in [3.05, 3.63) is 53.3 Å². The summed E-state index contributed by atoms with van der Waals surface area (Å²) >= 11 is 6.15. The van der Waals surface area contributed by atoms with Crippen LogP contribution in [-0.2, 0) is 4.74 Å². The van der Waals surface area contributed by atoms with Crippen LogP contribution in [0.4, 0.5) is 18.0 Å². The Hall–Kier alpha value is -2.54. The average Bonchev–Trinajstić information content (AvgIpc) is 2.56. The third kappa shape index (κ3) is 5.73. The second-order valence-electron chi connectivity index (χ2n) is 6.99. The van der Waals surface area contributed by atoms with Crippen molar-refractivity contribution < 1.29 is 22.7 Å². The molecule has 1 amide bonds. The molecule has 0 aliphatic carbocycles. The van der Waals surface area contributed by atoms with Crippen LogP contribution in [-0.4, -0.2) is 29.4 Å². The van der Waals surface area contributed by atoms with E-state index in [1.54, 1.807) is 45.0 Å². The lowest BCUT2D eigenvalue weighted by Crippen LogP contribution is -2.32. The van der Waals surface area contributed by atoms with E-state index in [1.165, 1.54) is 12.1 Å². The number of benzene rings is 1. The fraction of sp³-hybridized carbons (Fsp3) is 0.300. The normalized spacial score (nSPS) is 12.4. The first kappa shape index (κ1) is 21.8. The number of amides is 1. The number of rotatable bonds is 4. The predicted molar refractivity (Wildman–Crippen MR) is 105 cm³/mol. The summed E-state index contributed by atoms with van der Waals surface area (Å²) in [7, 11) is 0. The zero-order chi connectivity index (χ0) is 21.1. The third-order valence-corrected chi connectivity index (χ3v) is 3.85. The van der Waals surface area contributed by atoms with Crippen LogP contribution in [0.3, 0.4) is 0 Å². The van der Waals surface area contributed by atoms with Crippen LogP contribution < -0.4 is 5.32 Å². The van der Waals surface area contributed by atoms with Gasteiger partial charge in [0.05, 0.1) is 17.0 Å². The summed E-state index contributed by atoms with van der Waals surface area (Å²) in [5, 5.41) is 3.52. The molecule has 0 saturated carbocycles. The number of carbonyl (C=O) groups excluding carboxylic acids is 1. The maximum atomic E-state index is 13.2. The van der Waals surface area contributed by atoms with E-state index in [-0.39, 0.29) is 23.3 Å². The molecule has 0 aliphatic rings. The molecule has 4 nitrogen and oxygen atoms in total. The topological polar surface area (TPSA) is 51.2 Å². The number of ether oxygens (including phenoxy) is 1. The van der Waals surface area contributed by atoms with Crippen LogP contribution in [0.1, 0.15) is 32.2 Å². The molecule has 1 N–H and O–H groups in total. The van der Waals surface area contributed by atoms with Gasteiger partial charge in [0.25, 0.3) is 0 Å². The zero-order valence-electron chi connectivity index (χ0n) is 15.7. The summed E-state index contributed by atoms with van der Waals surface area (Å²) in [5.74, 6) is 0. The molecule has 2 aromatic rings. The van der Waals surface area contributed by atoms with E-state index in [0.717, 1.165) is 0 Å². The quantitative estimate of drug-likeness (QED) is 0.669. The minimum Gasteiger partial charge on any atom is -0.444 e. The van der Waals surface area contributed by atoms with Gasteiger partial charge in [-0.1, -0.05) is 36.4 Å². The Balaban J connectivity index is 2.29. The molecule has 0 spiro atoms. The number of halogens is 4. The number of hydrogen-bond acceptors (Lipinski definition) is 3. The lowest BCUT2D eigenvalue weighted by atomic mass is 10.0. The van der Waals surface area contributed by atoms with Crippen molar-refractivity contribution in [3.8, 4) is 0 Å². The Labute approximate surface area is 166 Å². The maximum absolute atomic E-state index is 13.2. The van der Waals surface area contributed by atoms with E-state index in [9.17, 15) is 18.0 Å². The lowest BCUT2D eigenvalue weighted by Gasteiger charge is -2.19. The van der Waals surface area contributed by atoms with Crippen LogP contribution in [0.25, 0.3) is 22.4 Å².